The number of nitrogens with zero attached hydrogens (tertiary/aromatic N) is 4. The average Bonchev–Trinajstić information content (AvgIpc) is 3.15. The molecule has 6 nitrogen and oxygen atoms in total. The normalized spacial score (nSPS) is 17.8. The van der Waals surface area contributed by atoms with E-state index in [0.717, 1.165) is 36.5 Å². The highest BCUT2D eigenvalue weighted by atomic mass is 16.3. The predicted octanol–water partition coefficient (Wildman–Crippen LogP) is 2.42. The summed E-state index contributed by atoms with van der Waals surface area (Å²) in [6, 6.07) is 5.67. The molecule has 1 fully saturated rings. The second kappa shape index (κ2) is 5.79. The van der Waals surface area contributed by atoms with E-state index in [1.807, 2.05) is 49.0 Å². The number of furan rings is 1. The molecule has 1 aliphatic heterocycles. The minimum Gasteiger partial charge on any atom is -0.459 e. The first kappa shape index (κ1) is 14.6. The first-order valence-electron chi connectivity index (χ1n) is 7.44. The van der Waals surface area contributed by atoms with Crippen LogP contribution in [0.1, 0.15) is 40.7 Å². The van der Waals surface area contributed by atoms with Gasteiger partial charge in [0.2, 0.25) is 0 Å². The summed E-state index contributed by atoms with van der Waals surface area (Å²) in [7, 11) is 3.85. The van der Waals surface area contributed by atoms with Crippen molar-refractivity contribution in [2.75, 3.05) is 25.5 Å². The molecule has 2 aromatic rings. The zero-order valence-electron chi connectivity index (χ0n) is 13.1. The van der Waals surface area contributed by atoms with E-state index in [9.17, 15) is 4.79 Å². The number of rotatable bonds is 3. The van der Waals surface area contributed by atoms with Crippen LogP contribution in [0, 0.1) is 6.92 Å². The topological polar surface area (TPSA) is 62.5 Å². The third kappa shape index (κ3) is 2.56. The van der Waals surface area contributed by atoms with E-state index in [4.69, 9.17) is 4.42 Å². The third-order valence-corrected chi connectivity index (χ3v) is 4.04. The quantitative estimate of drug-likeness (QED) is 0.871. The van der Waals surface area contributed by atoms with Crippen LogP contribution >= 0.6 is 0 Å². The molecule has 22 heavy (non-hydrogen) atoms. The number of anilines is 1. The summed E-state index contributed by atoms with van der Waals surface area (Å²) in [6.07, 6.45) is 3.42. The Balaban J connectivity index is 1.84. The van der Waals surface area contributed by atoms with Gasteiger partial charge in [-0.15, -0.1) is 5.10 Å². The van der Waals surface area contributed by atoms with Crippen molar-refractivity contribution in [3.8, 4) is 0 Å². The number of carbonyl (C=O) groups is 1. The van der Waals surface area contributed by atoms with Gasteiger partial charge in [0.1, 0.15) is 0 Å². The summed E-state index contributed by atoms with van der Waals surface area (Å²) in [6.45, 7) is 2.61. The van der Waals surface area contributed by atoms with E-state index in [1.54, 1.807) is 6.26 Å². The fourth-order valence-electron chi connectivity index (χ4n) is 2.79. The van der Waals surface area contributed by atoms with Crippen LogP contribution in [0.3, 0.4) is 0 Å². The molecule has 0 N–H and O–H groups in total. The van der Waals surface area contributed by atoms with Crippen molar-refractivity contribution in [2.45, 2.75) is 25.8 Å². The van der Waals surface area contributed by atoms with E-state index in [0.29, 0.717) is 5.76 Å². The van der Waals surface area contributed by atoms with Gasteiger partial charge in [0.25, 0.3) is 5.91 Å². The molecular formula is C16H20N4O2. The highest BCUT2D eigenvalue weighted by molar-refractivity contribution is 5.93. The Morgan fingerprint density at radius 3 is 2.73 bits per heavy atom. The SMILES string of the molecule is Cc1ccoc1C(=O)N1CCCC1c1ccc(N(C)C)nn1. The lowest BCUT2D eigenvalue weighted by atomic mass is 10.1. The third-order valence-electron chi connectivity index (χ3n) is 4.04. The van der Waals surface area contributed by atoms with Crippen molar-refractivity contribution < 1.29 is 9.21 Å². The number of aromatic nitrogens is 2. The lowest BCUT2D eigenvalue weighted by Crippen LogP contribution is -2.31. The summed E-state index contributed by atoms with van der Waals surface area (Å²) in [5, 5.41) is 8.51. The van der Waals surface area contributed by atoms with Crippen LogP contribution in [-0.2, 0) is 0 Å². The van der Waals surface area contributed by atoms with E-state index < -0.39 is 0 Å². The molecule has 3 rings (SSSR count). The first-order valence-corrected chi connectivity index (χ1v) is 7.44. The summed E-state index contributed by atoms with van der Waals surface area (Å²) >= 11 is 0. The molecular weight excluding hydrogens is 280 g/mol. The minimum atomic E-state index is -0.0662. The molecule has 6 heteroatoms. The molecule has 1 unspecified atom stereocenters. The molecule has 1 atom stereocenters. The number of aryl methyl sites for hydroxylation is 1. The van der Waals surface area contributed by atoms with Gasteiger partial charge in [-0.25, -0.2) is 0 Å². The average molecular weight is 300 g/mol. The summed E-state index contributed by atoms with van der Waals surface area (Å²) in [4.78, 5) is 16.4. The predicted molar refractivity (Wildman–Crippen MR) is 82.8 cm³/mol. The molecule has 116 valence electrons. The Morgan fingerprint density at radius 2 is 2.14 bits per heavy atom. The van der Waals surface area contributed by atoms with Gasteiger partial charge < -0.3 is 14.2 Å². The lowest BCUT2D eigenvalue weighted by Gasteiger charge is -2.23. The number of likely N-dealkylation sites (tertiary alicyclic amines) is 1. The number of hydrogen-bond donors (Lipinski definition) is 0. The summed E-state index contributed by atoms with van der Waals surface area (Å²) in [5.74, 6) is 1.16. The van der Waals surface area contributed by atoms with Gasteiger partial charge in [-0.3, -0.25) is 4.79 Å². The van der Waals surface area contributed by atoms with Crippen molar-refractivity contribution in [1.82, 2.24) is 15.1 Å². The first-order chi connectivity index (χ1) is 10.6. The van der Waals surface area contributed by atoms with Crippen molar-refractivity contribution in [1.29, 1.82) is 0 Å². The van der Waals surface area contributed by atoms with Crippen LogP contribution in [0.5, 0.6) is 0 Å². The van der Waals surface area contributed by atoms with E-state index in [1.165, 1.54) is 0 Å². The van der Waals surface area contributed by atoms with Crippen LogP contribution in [0.15, 0.2) is 28.9 Å². The van der Waals surface area contributed by atoms with Crippen LogP contribution in [0.25, 0.3) is 0 Å². The van der Waals surface area contributed by atoms with Crippen molar-refractivity contribution in [3.05, 3.63) is 41.5 Å². The largest absolute Gasteiger partial charge is 0.459 e. The fraction of sp³-hybridized carbons (Fsp3) is 0.438. The maximum Gasteiger partial charge on any atom is 0.290 e. The van der Waals surface area contributed by atoms with Crippen LogP contribution in [-0.4, -0.2) is 41.6 Å². The molecule has 0 bridgehead atoms. The van der Waals surface area contributed by atoms with Gasteiger partial charge in [-0.2, -0.15) is 5.10 Å². The van der Waals surface area contributed by atoms with E-state index in [-0.39, 0.29) is 11.9 Å². The molecule has 0 aromatic carbocycles. The van der Waals surface area contributed by atoms with E-state index in [2.05, 4.69) is 10.2 Å². The maximum absolute atomic E-state index is 12.7. The number of carbonyl (C=O) groups excluding carboxylic acids is 1. The van der Waals surface area contributed by atoms with Gasteiger partial charge in [0.05, 0.1) is 18.0 Å². The van der Waals surface area contributed by atoms with E-state index >= 15 is 0 Å². The van der Waals surface area contributed by atoms with Crippen LogP contribution < -0.4 is 4.90 Å². The Morgan fingerprint density at radius 1 is 1.32 bits per heavy atom. The molecule has 0 radical (unpaired) electrons. The summed E-state index contributed by atoms with van der Waals surface area (Å²) < 4.78 is 5.34. The van der Waals surface area contributed by atoms with Crippen LogP contribution in [0.4, 0.5) is 5.82 Å². The van der Waals surface area contributed by atoms with Gasteiger partial charge in [0.15, 0.2) is 11.6 Å². The van der Waals surface area contributed by atoms with Gasteiger partial charge in [-0.1, -0.05) is 0 Å². The molecule has 0 saturated carbocycles. The zero-order chi connectivity index (χ0) is 15.7. The zero-order valence-corrected chi connectivity index (χ0v) is 13.1. The Labute approximate surface area is 129 Å². The minimum absolute atomic E-state index is 0.0271. The lowest BCUT2D eigenvalue weighted by molar-refractivity contribution is 0.0699. The van der Waals surface area contributed by atoms with Crippen LogP contribution in [0.2, 0.25) is 0 Å². The van der Waals surface area contributed by atoms with Gasteiger partial charge in [-0.05, 0) is 38.0 Å². The van der Waals surface area contributed by atoms with Crippen molar-refractivity contribution in [2.24, 2.45) is 0 Å². The molecule has 2 aromatic heterocycles. The number of amides is 1. The van der Waals surface area contributed by atoms with Gasteiger partial charge in [0, 0.05) is 26.2 Å². The monoisotopic (exact) mass is 300 g/mol. The van der Waals surface area contributed by atoms with Crippen molar-refractivity contribution in [3.63, 3.8) is 0 Å². The fourth-order valence-corrected chi connectivity index (χ4v) is 2.79. The number of hydrogen-bond acceptors (Lipinski definition) is 5. The molecule has 0 spiro atoms. The second-order valence-corrected chi connectivity index (χ2v) is 5.80. The Hall–Kier alpha value is -2.37. The molecule has 3 heterocycles. The standard InChI is InChI=1S/C16H20N4O2/c1-11-8-10-22-15(11)16(21)20-9-4-5-13(20)12-6-7-14(18-17-12)19(2)3/h6-8,10,13H,4-5,9H2,1-3H3. The summed E-state index contributed by atoms with van der Waals surface area (Å²) in [5.41, 5.74) is 1.70. The smallest absolute Gasteiger partial charge is 0.290 e. The molecule has 1 saturated heterocycles. The van der Waals surface area contributed by atoms with Gasteiger partial charge >= 0.3 is 0 Å². The highest BCUT2D eigenvalue weighted by Crippen LogP contribution is 2.32. The molecule has 1 amide bonds. The second-order valence-electron chi connectivity index (χ2n) is 5.80. The maximum atomic E-state index is 12.7. The molecule has 0 aliphatic carbocycles. The molecule has 1 aliphatic rings. The van der Waals surface area contributed by atoms with Crippen molar-refractivity contribution >= 4 is 11.7 Å². The highest BCUT2D eigenvalue weighted by Gasteiger charge is 2.33. The Kier molecular flexibility index (Phi) is 3.83. The Bertz CT molecular complexity index is 663.